The molecule has 0 saturated heterocycles. The average Bonchev–Trinajstić information content (AvgIpc) is 3.33. The normalized spacial score (nSPS) is 19.7. The molecule has 146 valence electrons. The highest BCUT2D eigenvalue weighted by molar-refractivity contribution is 5.94. The van der Waals surface area contributed by atoms with E-state index < -0.39 is 0 Å². The van der Waals surface area contributed by atoms with Gasteiger partial charge in [0.05, 0.1) is 37.2 Å². The van der Waals surface area contributed by atoms with Crippen LogP contribution in [0.1, 0.15) is 34.8 Å². The summed E-state index contributed by atoms with van der Waals surface area (Å²) in [6.07, 6.45) is 7.91. The molecule has 1 saturated carbocycles. The molecular weight excluding hydrogens is 358 g/mol. The number of aromatic nitrogens is 4. The molecule has 1 fully saturated rings. The number of methoxy groups -OCH3 is 1. The van der Waals surface area contributed by atoms with Crippen LogP contribution in [0.25, 0.3) is 5.69 Å². The number of para-hydroxylation sites is 2. The molecule has 2 heterocycles. The van der Waals surface area contributed by atoms with E-state index in [2.05, 4.69) is 15.5 Å². The summed E-state index contributed by atoms with van der Waals surface area (Å²) in [5, 5.41) is 21.3. The van der Waals surface area contributed by atoms with Crippen molar-refractivity contribution in [2.45, 2.75) is 25.0 Å². The Morgan fingerprint density at radius 3 is 2.71 bits per heavy atom. The second-order valence-electron chi connectivity index (χ2n) is 7.13. The number of hydrogen-bond acceptors (Lipinski definition) is 5. The first kappa shape index (κ1) is 18.2. The van der Waals surface area contributed by atoms with Gasteiger partial charge in [-0.1, -0.05) is 12.1 Å². The van der Waals surface area contributed by atoms with Crippen molar-refractivity contribution in [3.63, 3.8) is 0 Å². The van der Waals surface area contributed by atoms with Crippen molar-refractivity contribution in [2.24, 2.45) is 13.0 Å². The summed E-state index contributed by atoms with van der Waals surface area (Å²) in [7, 11) is 3.44. The van der Waals surface area contributed by atoms with Gasteiger partial charge in [0.2, 0.25) is 0 Å². The highest BCUT2D eigenvalue weighted by Crippen LogP contribution is 2.38. The van der Waals surface area contributed by atoms with Gasteiger partial charge < -0.3 is 15.2 Å². The monoisotopic (exact) mass is 381 g/mol. The van der Waals surface area contributed by atoms with Crippen LogP contribution in [0.4, 0.5) is 0 Å². The minimum absolute atomic E-state index is 0.187. The van der Waals surface area contributed by atoms with Gasteiger partial charge in [-0.25, -0.2) is 4.68 Å². The van der Waals surface area contributed by atoms with Gasteiger partial charge in [-0.05, 0) is 30.9 Å². The van der Waals surface area contributed by atoms with E-state index in [0.29, 0.717) is 24.2 Å². The van der Waals surface area contributed by atoms with E-state index in [1.807, 2.05) is 37.5 Å². The molecule has 0 radical (unpaired) electrons. The second kappa shape index (κ2) is 7.47. The van der Waals surface area contributed by atoms with Gasteiger partial charge in [0.1, 0.15) is 11.4 Å². The summed E-state index contributed by atoms with van der Waals surface area (Å²) in [5.41, 5.74) is 2.15. The standard InChI is InChI=1S/C20H23N5O3/c1-24-11-14(9-21-24)19(13-7-16(26)8-13)23-20(27)15-10-22-25(12-15)17-5-3-4-6-18(17)28-2/h3-6,9-13,16,19,26H,7-8H2,1-2H3,(H,23,27). The lowest BCUT2D eigenvalue weighted by Crippen LogP contribution is -2.41. The SMILES string of the molecule is COc1ccccc1-n1cc(C(=O)NC(c2cnn(C)c2)C2CC(O)C2)cn1. The molecule has 1 atom stereocenters. The molecule has 4 rings (SSSR count). The quantitative estimate of drug-likeness (QED) is 0.680. The molecule has 3 aromatic rings. The van der Waals surface area contributed by atoms with Crippen LogP contribution in [0.15, 0.2) is 49.1 Å². The van der Waals surface area contributed by atoms with E-state index in [1.54, 1.807) is 28.9 Å². The lowest BCUT2D eigenvalue weighted by Gasteiger charge is -2.37. The zero-order valence-corrected chi connectivity index (χ0v) is 15.8. The number of carbonyl (C=O) groups is 1. The Morgan fingerprint density at radius 1 is 1.25 bits per heavy atom. The summed E-state index contributed by atoms with van der Waals surface area (Å²) in [5.74, 6) is 0.651. The molecule has 0 bridgehead atoms. The van der Waals surface area contributed by atoms with Crippen LogP contribution in [0.3, 0.4) is 0 Å². The zero-order chi connectivity index (χ0) is 19.7. The fourth-order valence-corrected chi connectivity index (χ4v) is 3.59. The smallest absolute Gasteiger partial charge is 0.254 e. The number of aliphatic hydroxyl groups excluding tert-OH is 1. The van der Waals surface area contributed by atoms with Gasteiger partial charge in [-0.3, -0.25) is 9.48 Å². The number of amides is 1. The number of rotatable bonds is 6. The third-order valence-corrected chi connectivity index (χ3v) is 5.17. The van der Waals surface area contributed by atoms with E-state index >= 15 is 0 Å². The van der Waals surface area contributed by atoms with E-state index in [1.165, 1.54) is 6.20 Å². The molecule has 1 amide bonds. The maximum atomic E-state index is 12.9. The van der Waals surface area contributed by atoms with Crippen molar-refractivity contribution in [1.82, 2.24) is 24.9 Å². The fraction of sp³-hybridized carbons (Fsp3) is 0.350. The van der Waals surface area contributed by atoms with Gasteiger partial charge in [-0.15, -0.1) is 0 Å². The minimum atomic E-state index is -0.297. The van der Waals surface area contributed by atoms with E-state index in [-0.39, 0.29) is 24.0 Å². The number of benzene rings is 1. The van der Waals surface area contributed by atoms with Crippen LogP contribution in [0, 0.1) is 5.92 Å². The predicted molar refractivity (Wildman–Crippen MR) is 102 cm³/mol. The predicted octanol–water partition coefficient (Wildman–Crippen LogP) is 1.86. The number of nitrogens with one attached hydrogen (secondary N) is 1. The van der Waals surface area contributed by atoms with Gasteiger partial charge in [-0.2, -0.15) is 10.2 Å². The number of carbonyl (C=O) groups excluding carboxylic acids is 1. The topological polar surface area (TPSA) is 94.2 Å². The Bertz CT molecular complexity index is 974. The van der Waals surface area contributed by atoms with Crippen LogP contribution in [-0.2, 0) is 7.05 Å². The molecule has 28 heavy (non-hydrogen) atoms. The summed E-state index contributed by atoms with van der Waals surface area (Å²) in [4.78, 5) is 12.9. The van der Waals surface area contributed by atoms with Gasteiger partial charge >= 0.3 is 0 Å². The number of nitrogens with zero attached hydrogens (tertiary/aromatic N) is 4. The Balaban J connectivity index is 1.54. The van der Waals surface area contributed by atoms with Crippen molar-refractivity contribution < 1.29 is 14.6 Å². The van der Waals surface area contributed by atoms with Crippen molar-refractivity contribution in [3.8, 4) is 11.4 Å². The molecule has 0 spiro atoms. The summed E-state index contributed by atoms with van der Waals surface area (Å²) in [6.45, 7) is 0. The molecular formula is C20H23N5O3. The summed E-state index contributed by atoms with van der Waals surface area (Å²) < 4.78 is 8.70. The van der Waals surface area contributed by atoms with Crippen molar-refractivity contribution in [2.75, 3.05) is 7.11 Å². The van der Waals surface area contributed by atoms with Crippen LogP contribution in [0.2, 0.25) is 0 Å². The lowest BCUT2D eigenvalue weighted by atomic mass is 9.75. The maximum Gasteiger partial charge on any atom is 0.254 e. The Morgan fingerprint density at radius 2 is 2.04 bits per heavy atom. The average molecular weight is 381 g/mol. The van der Waals surface area contributed by atoms with E-state index in [4.69, 9.17) is 4.74 Å². The molecule has 8 nitrogen and oxygen atoms in total. The minimum Gasteiger partial charge on any atom is -0.494 e. The Kier molecular flexibility index (Phi) is 4.87. The maximum absolute atomic E-state index is 12.9. The third kappa shape index (κ3) is 3.50. The highest BCUT2D eigenvalue weighted by atomic mass is 16.5. The molecule has 0 aliphatic heterocycles. The van der Waals surface area contributed by atoms with Crippen LogP contribution in [-0.4, -0.2) is 43.8 Å². The first-order chi connectivity index (χ1) is 13.5. The third-order valence-electron chi connectivity index (χ3n) is 5.17. The Labute approximate surface area is 162 Å². The highest BCUT2D eigenvalue weighted by Gasteiger charge is 2.36. The molecule has 2 N–H and O–H groups in total. The first-order valence-electron chi connectivity index (χ1n) is 9.20. The number of aryl methyl sites for hydroxylation is 1. The zero-order valence-electron chi connectivity index (χ0n) is 15.8. The molecule has 2 aromatic heterocycles. The lowest BCUT2D eigenvalue weighted by molar-refractivity contribution is 0.0235. The van der Waals surface area contributed by atoms with Crippen molar-refractivity contribution in [3.05, 3.63) is 60.2 Å². The molecule has 8 heteroatoms. The summed E-state index contributed by atoms with van der Waals surface area (Å²) in [6, 6.07) is 7.29. The van der Waals surface area contributed by atoms with Crippen molar-refractivity contribution >= 4 is 5.91 Å². The second-order valence-corrected chi connectivity index (χ2v) is 7.13. The van der Waals surface area contributed by atoms with Crippen LogP contribution >= 0.6 is 0 Å². The Hall–Kier alpha value is -3.13. The van der Waals surface area contributed by atoms with Gasteiger partial charge in [0, 0.05) is 25.0 Å². The first-order valence-corrected chi connectivity index (χ1v) is 9.20. The van der Waals surface area contributed by atoms with Crippen LogP contribution in [0.5, 0.6) is 5.75 Å². The molecule has 1 aliphatic carbocycles. The van der Waals surface area contributed by atoms with E-state index in [9.17, 15) is 9.90 Å². The fourth-order valence-electron chi connectivity index (χ4n) is 3.59. The molecule has 1 unspecified atom stereocenters. The van der Waals surface area contributed by atoms with Crippen LogP contribution < -0.4 is 10.1 Å². The van der Waals surface area contributed by atoms with E-state index in [0.717, 1.165) is 11.3 Å². The van der Waals surface area contributed by atoms with Gasteiger partial charge in [0.15, 0.2) is 0 Å². The number of aliphatic hydroxyl groups is 1. The molecule has 1 aliphatic rings. The molecule has 1 aromatic carbocycles. The van der Waals surface area contributed by atoms with Gasteiger partial charge in [0.25, 0.3) is 5.91 Å². The number of ether oxygens (including phenoxy) is 1. The largest absolute Gasteiger partial charge is 0.494 e. The summed E-state index contributed by atoms with van der Waals surface area (Å²) >= 11 is 0. The number of hydrogen-bond donors (Lipinski definition) is 2. The van der Waals surface area contributed by atoms with Crippen molar-refractivity contribution in [1.29, 1.82) is 0 Å².